The number of benzene rings is 1. The molecule has 1 aromatic heterocycles. The van der Waals surface area contributed by atoms with Crippen LogP contribution in [0.5, 0.6) is 0 Å². The Balaban J connectivity index is 2.10. The molecule has 1 aromatic carbocycles. The fraction of sp³-hybridized carbons (Fsp3) is 0.0909. The molecule has 0 bridgehead atoms. The van der Waals surface area contributed by atoms with Crippen molar-refractivity contribution in [3.63, 3.8) is 0 Å². The van der Waals surface area contributed by atoms with Crippen LogP contribution in [0.15, 0.2) is 30.5 Å². The molecule has 0 saturated heterocycles. The predicted molar refractivity (Wildman–Crippen MR) is 74.0 cm³/mol. The van der Waals surface area contributed by atoms with E-state index in [1.165, 1.54) is 29.1 Å². The summed E-state index contributed by atoms with van der Waals surface area (Å²) in [7, 11) is 1.67. The van der Waals surface area contributed by atoms with Gasteiger partial charge in [-0.15, -0.1) is 0 Å². The van der Waals surface area contributed by atoms with E-state index in [9.17, 15) is 14.9 Å². The number of aromatic nitrogens is 2. The van der Waals surface area contributed by atoms with Crippen LogP contribution in [0.25, 0.3) is 0 Å². The average Bonchev–Trinajstić information content (AvgIpc) is 2.77. The lowest BCUT2D eigenvalue weighted by Crippen LogP contribution is -2.21. The van der Waals surface area contributed by atoms with Crippen LogP contribution in [0.2, 0.25) is 5.02 Å². The molecule has 2 aromatic rings. The van der Waals surface area contributed by atoms with Crippen LogP contribution >= 0.6 is 11.6 Å². The Kier molecular flexibility index (Phi) is 3.85. The molecule has 0 aliphatic heterocycles. The molecule has 2 rings (SSSR count). The van der Waals surface area contributed by atoms with Crippen molar-refractivity contribution >= 4 is 34.8 Å². The monoisotopic (exact) mass is 295 g/mol. The Morgan fingerprint density at radius 1 is 1.40 bits per heavy atom. The van der Waals surface area contributed by atoms with Crippen molar-refractivity contribution in [1.29, 1.82) is 0 Å². The number of anilines is 2. The van der Waals surface area contributed by atoms with Crippen LogP contribution in [0.1, 0.15) is 0 Å². The van der Waals surface area contributed by atoms with Gasteiger partial charge in [0.05, 0.1) is 11.1 Å². The van der Waals surface area contributed by atoms with Gasteiger partial charge >= 0.3 is 6.03 Å². The third-order valence-corrected chi connectivity index (χ3v) is 2.78. The molecule has 0 fully saturated rings. The van der Waals surface area contributed by atoms with Gasteiger partial charge in [0.1, 0.15) is 10.8 Å². The number of urea groups is 1. The highest BCUT2D eigenvalue weighted by molar-refractivity contribution is 6.32. The van der Waals surface area contributed by atoms with Crippen molar-refractivity contribution in [1.82, 2.24) is 9.78 Å². The molecule has 0 spiro atoms. The van der Waals surface area contributed by atoms with Gasteiger partial charge < -0.3 is 5.32 Å². The number of carbonyl (C=O) groups excluding carboxylic acids is 1. The Morgan fingerprint density at radius 2 is 2.15 bits per heavy atom. The highest BCUT2D eigenvalue weighted by Crippen LogP contribution is 2.27. The third kappa shape index (κ3) is 3.04. The van der Waals surface area contributed by atoms with Gasteiger partial charge in [-0.25, -0.2) is 4.79 Å². The molecule has 1 heterocycles. The van der Waals surface area contributed by atoms with Gasteiger partial charge in [-0.1, -0.05) is 11.6 Å². The van der Waals surface area contributed by atoms with Crippen molar-refractivity contribution in [3.05, 3.63) is 45.6 Å². The summed E-state index contributed by atoms with van der Waals surface area (Å²) in [4.78, 5) is 21.9. The summed E-state index contributed by atoms with van der Waals surface area (Å²) in [5, 5.41) is 19.7. The zero-order chi connectivity index (χ0) is 14.7. The second kappa shape index (κ2) is 5.57. The van der Waals surface area contributed by atoms with E-state index in [1.807, 2.05) is 0 Å². The fourth-order valence-corrected chi connectivity index (χ4v) is 1.69. The van der Waals surface area contributed by atoms with Crippen LogP contribution in [0.3, 0.4) is 0 Å². The predicted octanol–water partition coefficient (Wildman–Crippen LogP) is 2.63. The smallest absolute Gasteiger partial charge is 0.307 e. The van der Waals surface area contributed by atoms with E-state index in [4.69, 9.17) is 11.6 Å². The van der Waals surface area contributed by atoms with Crippen LogP contribution in [-0.2, 0) is 7.05 Å². The van der Waals surface area contributed by atoms with Gasteiger partial charge in [-0.3, -0.25) is 20.1 Å². The van der Waals surface area contributed by atoms with E-state index in [1.54, 1.807) is 13.1 Å². The molecule has 2 N–H and O–H groups in total. The number of hydrogen-bond donors (Lipinski definition) is 2. The lowest BCUT2D eigenvalue weighted by Gasteiger charge is -2.07. The van der Waals surface area contributed by atoms with E-state index in [0.717, 1.165) is 0 Å². The molecule has 0 aliphatic rings. The maximum atomic E-state index is 11.7. The van der Waals surface area contributed by atoms with Crippen molar-refractivity contribution in [2.75, 3.05) is 10.6 Å². The third-order valence-electron chi connectivity index (χ3n) is 2.46. The molecular formula is C11H10ClN5O3. The molecule has 104 valence electrons. The number of hydrogen-bond acceptors (Lipinski definition) is 4. The van der Waals surface area contributed by atoms with E-state index >= 15 is 0 Å². The number of nitro benzene ring substituents is 1. The average molecular weight is 296 g/mol. The number of aryl methyl sites for hydroxylation is 1. The quantitative estimate of drug-likeness (QED) is 0.671. The molecule has 2 amide bonds. The highest BCUT2D eigenvalue weighted by Gasteiger charge is 2.14. The van der Waals surface area contributed by atoms with Crippen LogP contribution < -0.4 is 10.6 Å². The first-order valence-corrected chi connectivity index (χ1v) is 5.85. The van der Waals surface area contributed by atoms with Crippen molar-refractivity contribution in [2.24, 2.45) is 7.05 Å². The summed E-state index contributed by atoms with van der Waals surface area (Å²) in [6, 6.07) is 5.08. The Hall–Kier alpha value is -2.61. The standard InChI is InChI=1S/C11H10ClN5O3/c1-16-10(4-5-13-16)15-11(18)14-7-2-3-8(12)9(6-7)17(19)20/h2-6H,1H3,(H2,14,15,18). The maximum Gasteiger partial charge on any atom is 0.324 e. The minimum atomic E-state index is -0.619. The number of amides is 2. The second-order valence-corrected chi connectivity index (χ2v) is 4.25. The van der Waals surface area contributed by atoms with Gasteiger partial charge in [0.25, 0.3) is 5.69 Å². The summed E-state index contributed by atoms with van der Waals surface area (Å²) in [5.41, 5.74) is -0.00855. The van der Waals surface area contributed by atoms with E-state index in [2.05, 4.69) is 15.7 Å². The Morgan fingerprint density at radius 3 is 2.75 bits per heavy atom. The first kappa shape index (κ1) is 13.8. The summed E-state index contributed by atoms with van der Waals surface area (Å²) in [6.45, 7) is 0. The molecule has 0 aliphatic carbocycles. The minimum Gasteiger partial charge on any atom is -0.307 e. The Labute approximate surface area is 118 Å². The normalized spacial score (nSPS) is 10.1. The van der Waals surface area contributed by atoms with Crippen LogP contribution in [-0.4, -0.2) is 20.7 Å². The summed E-state index contributed by atoms with van der Waals surface area (Å²) in [5.74, 6) is 0.492. The topological polar surface area (TPSA) is 102 Å². The number of nitrogens with zero attached hydrogens (tertiary/aromatic N) is 3. The highest BCUT2D eigenvalue weighted by atomic mass is 35.5. The fourth-order valence-electron chi connectivity index (χ4n) is 1.51. The lowest BCUT2D eigenvalue weighted by atomic mass is 10.3. The van der Waals surface area contributed by atoms with Crippen molar-refractivity contribution < 1.29 is 9.72 Å². The van der Waals surface area contributed by atoms with E-state index < -0.39 is 11.0 Å². The zero-order valence-electron chi connectivity index (χ0n) is 10.3. The molecule has 20 heavy (non-hydrogen) atoms. The van der Waals surface area contributed by atoms with Gasteiger partial charge in [-0.2, -0.15) is 5.10 Å². The van der Waals surface area contributed by atoms with Crippen LogP contribution in [0.4, 0.5) is 22.0 Å². The van der Waals surface area contributed by atoms with Crippen LogP contribution in [0, 0.1) is 10.1 Å². The molecule has 0 radical (unpaired) electrons. The maximum absolute atomic E-state index is 11.7. The summed E-state index contributed by atoms with van der Waals surface area (Å²) >= 11 is 5.68. The number of rotatable bonds is 3. The zero-order valence-corrected chi connectivity index (χ0v) is 11.1. The summed E-state index contributed by atoms with van der Waals surface area (Å²) in [6.07, 6.45) is 1.53. The van der Waals surface area contributed by atoms with Gasteiger partial charge in [0.15, 0.2) is 0 Å². The minimum absolute atomic E-state index is 0.00703. The number of nitrogens with one attached hydrogen (secondary N) is 2. The molecule has 9 heteroatoms. The van der Waals surface area contributed by atoms with Gasteiger partial charge in [0.2, 0.25) is 0 Å². The van der Waals surface area contributed by atoms with Gasteiger partial charge in [0, 0.05) is 24.9 Å². The molecule has 0 atom stereocenters. The van der Waals surface area contributed by atoms with E-state index in [0.29, 0.717) is 5.82 Å². The molecule has 0 unspecified atom stereocenters. The largest absolute Gasteiger partial charge is 0.324 e. The number of nitro groups is 1. The van der Waals surface area contributed by atoms with Gasteiger partial charge in [-0.05, 0) is 12.1 Å². The first-order chi connectivity index (χ1) is 9.47. The Bertz CT molecular complexity index is 670. The second-order valence-electron chi connectivity index (χ2n) is 3.84. The first-order valence-electron chi connectivity index (χ1n) is 5.47. The lowest BCUT2D eigenvalue weighted by molar-refractivity contribution is -0.384. The van der Waals surface area contributed by atoms with Crippen molar-refractivity contribution in [2.45, 2.75) is 0 Å². The molecule has 8 nitrogen and oxygen atoms in total. The summed E-state index contributed by atoms with van der Waals surface area (Å²) < 4.78 is 1.48. The molecule has 0 saturated carbocycles. The van der Waals surface area contributed by atoms with E-state index in [-0.39, 0.29) is 16.4 Å². The number of carbonyl (C=O) groups is 1. The SMILES string of the molecule is Cn1nccc1NC(=O)Nc1ccc(Cl)c([N+](=O)[O-])c1. The number of halogens is 1. The van der Waals surface area contributed by atoms with Crippen molar-refractivity contribution in [3.8, 4) is 0 Å². The molecular weight excluding hydrogens is 286 g/mol.